The Hall–Kier alpha value is -3.96. The number of halogens is 3. The summed E-state index contributed by atoms with van der Waals surface area (Å²) in [6.07, 6.45) is -3.24. The van der Waals surface area contributed by atoms with E-state index in [4.69, 9.17) is 0 Å². The maximum absolute atomic E-state index is 12.8. The van der Waals surface area contributed by atoms with E-state index in [2.05, 4.69) is 20.9 Å². The molecule has 1 atom stereocenters. The van der Waals surface area contributed by atoms with E-state index in [0.717, 1.165) is 23.9 Å². The average molecular weight is 461 g/mol. The molecule has 3 N–H and O–H groups in total. The lowest BCUT2D eigenvalue weighted by atomic mass is 10.0. The Morgan fingerprint density at radius 1 is 1.18 bits per heavy atom. The van der Waals surface area contributed by atoms with E-state index in [0.29, 0.717) is 11.1 Å². The molecule has 9 nitrogen and oxygen atoms in total. The van der Waals surface area contributed by atoms with Crippen LogP contribution in [-0.4, -0.2) is 39.7 Å². The lowest BCUT2D eigenvalue weighted by molar-refractivity contribution is -0.141. The van der Waals surface area contributed by atoms with Gasteiger partial charge in [-0.05, 0) is 35.7 Å². The van der Waals surface area contributed by atoms with Gasteiger partial charge in [0.25, 0.3) is 5.91 Å². The maximum Gasteiger partial charge on any atom is 0.433 e. The predicted octanol–water partition coefficient (Wildman–Crippen LogP) is 2.18. The number of carbonyl (C=O) groups excluding carboxylic acids is 4. The zero-order chi connectivity index (χ0) is 23.8. The minimum Gasteiger partial charge on any atom is -0.334 e. The highest BCUT2D eigenvalue weighted by atomic mass is 19.4. The number of amides is 5. The topological polar surface area (TPSA) is 120 Å². The van der Waals surface area contributed by atoms with Crippen LogP contribution in [0.3, 0.4) is 0 Å². The molecule has 3 heterocycles. The Morgan fingerprint density at radius 2 is 1.97 bits per heavy atom. The van der Waals surface area contributed by atoms with E-state index in [1.54, 1.807) is 18.2 Å². The van der Waals surface area contributed by atoms with E-state index in [-0.39, 0.29) is 43.4 Å². The summed E-state index contributed by atoms with van der Waals surface area (Å²) in [7, 11) is 0. The monoisotopic (exact) mass is 461 g/mol. The number of hydrogen-bond donors (Lipinski definition) is 3. The predicted molar refractivity (Wildman–Crippen MR) is 108 cm³/mol. The van der Waals surface area contributed by atoms with E-state index < -0.39 is 29.9 Å². The van der Waals surface area contributed by atoms with Crippen LogP contribution in [0.5, 0.6) is 0 Å². The van der Waals surface area contributed by atoms with Crippen molar-refractivity contribution in [3.8, 4) is 0 Å². The highest BCUT2D eigenvalue weighted by molar-refractivity contribution is 6.05. The minimum absolute atomic E-state index is 0.0544. The molecule has 1 fully saturated rings. The van der Waals surface area contributed by atoms with E-state index in [1.165, 1.54) is 4.90 Å². The fourth-order valence-electron chi connectivity index (χ4n) is 3.70. The zero-order valence-electron chi connectivity index (χ0n) is 17.0. The van der Waals surface area contributed by atoms with Crippen molar-refractivity contribution in [2.75, 3.05) is 5.32 Å². The number of benzene rings is 1. The van der Waals surface area contributed by atoms with Crippen LogP contribution in [0, 0.1) is 0 Å². The van der Waals surface area contributed by atoms with E-state index in [9.17, 15) is 32.3 Å². The quantitative estimate of drug-likeness (QED) is 0.603. The minimum atomic E-state index is -4.57. The van der Waals surface area contributed by atoms with Crippen molar-refractivity contribution in [2.45, 2.75) is 38.1 Å². The van der Waals surface area contributed by atoms with Gasteiger partial charge in [0.15, 0.2) is 0 Å². The Morgan fingerprint density at radius 3 is 2.64 bits per heavy atom. The molecule has 0 bridgehead atoms. The Kier molecular flexibility index (Phi) is 5.75. The number of anilines is 1. The summed E-state index contributed by atoms with van der Waals surface area (Å²) >= 11 is 0. The second-order valence-corrected chi connectivity index (χ2v) is 7.63. The van der Waals surface area contributed by atoms with Gasteiger partial charge in [-0.2, -0.15) is 13.2 Å². The smallest absolute Gasteiger partial charge is 0.334 e. The number of imide groups is 1. The van der Waals surface area contributed by atoms with Gasteiger partial charge in [0, 0.05) is 25.1 Å². The number of aromatic nitrogens is 1. The van der Waals surface area contributed by atoms with Gasteiger partial charge >= 0.3 is 12.2 Å². The molecule has 5 amide bonds. The Labute approximate surface area is 185 Å². The summed E-state index contributed by atoms with van der Waals surface area (Å²) < 4.78 is 37.7. The molecule has 12 heteroatoms. The van der Waals surface area contributed by atoms with Crippen molar-refractivity contribution in [2.24, 2.45) is 0 Å². The van der Waals surface area contributed by atoms with Gasteiger partial charge in [0.05, 0.1) is 11.9 Å². The summed E-state index contributed by atoms with van der Waals surface area (Å²) in [5.41, 5.74) is 0.778. The van der Waals surface area contributed by atoms with Crippen LogP contribution in [-0.2, 0) is 28.9 Å². The lowest BCUT2D eigenvalue weighted by Crippen LogP contribution is -2.52. The van der Waals surface area contributed by atoms with Crippen LogP contribution in [0.4, 0.5) is 23.7 Å². The first-order valence-corrected chi connectivity index (χ1v) is 9.96. The van der Waals surface area contributed by atoms with Crippen LogP contribution in [0.2, 0.25) is 0 Å². The van der Waals surface area contributed by atoms with Gasteiger partial charge in [-0.15, -0.1) is 0 Å². The molecule has 2 aliphatic rings. The maximum atomic E-state index is 12.8. The van der Waals surface area contributed by atoms with Gasteiger partial charge in [0.2, 0.25) is 11.8 Å². The summed E-state index contributed by atoms with van der Waals surface area (Å²) in [5.74, 6) is -1.19. The second kappa shape index (κ2) is 8.52. The molecule has 1 unspecified atom stereocenters. The molecule has 1 aromatic heterocycles. The number of alkyl halides is 3. The summed E-state index contributed by atoms with van der Waals surface area (Å²) in [5, 5.41) is 7.18. The fourth-order valence-corrected chi connectivity index (χ4v) is 3.70. The van der Waals surface area contributed by atoms with Crippen LogP contribution < -0.4 is 16.0 Å². The molecule has 172 valence electrons. The van der Waals surface area contributed by atoms with Gasteiger partial charge in [-0.3, -0.25) is 19.7 Å². The summed E-state index contributed by atoms with van der Waals surface area (Å²) in [4.78, 5) is 53.0. The van der Waals surface area contributed by atoms with Gasteiger partial charge in [-0.25, -0.2) is 9.78 Å². The Balaban J connectivity index is 1.35. The molecule has 2 aliphatic heterocycles. The normalized spacial score (nSPS) is 18.1. The summed E-state index contributed by atoms with van der Waals surface area (Å²) in [6.45, 7) is 0.300. The van der Waals surface area contributed by atoms with Crippen LogP contribution >= 0.6 is 0 Å². The first-order chi connectivity index (χ1) is 15.6. The average Bonchev–Trinajstić information content (AvgIpc) is 3.08. The number of nitrogens with zero attached hydrogens (tertiary/aromatic N) is 2. The number of urea groups is 1. The molecule has 1 saturated heterocycles. The van der Waals surface area contributed by atoms with Gasteiger partial charge in [-0.1, -0.05) is 12.1 Å². The molecular formula is C21H18F3N5O4. The number of carbonyl (C=O) groups is 4. The van der Waals surface area contributed by atoms with Crippen LogP contribution in [0.15, 0.2) is 36.5 Å². The number of nitrogens with one attached hydrogen (secondary N) is 3. The Bertz CT molecular complexity index is 1130. The molecule has 2 aromatic rings. The first kappa shape index (κ1) is 22.2. The van der Waals surface area contributed by atoms with E-state index >= 15 is 0 Å². The van der Waals surface area contributed by atoms with Gasteiger partial charge < -0.3 is 15.5 Å². The lowest BCUT2D eigenvalue weighted by Gasteiger charge is -2.29. The highest BCUT2D eigenvalue weighted by Gasteiger charge is 2.39. The van der Waals surface area contributed by atoms with Gasteiger partial charge in [0.1, 0.15) is 11.7 Å². The molecule has 33 heavy (non-hydrogen) atoms. The molecule has 0 aliphatic carbocycles. The number of fused-ring (bicyclic) bond motifs is 1. The molecule has 0 spiro atoms. The molecule has 4 rings (SSSR count). The molecular weight excluding hydrogens is 443 g/mol. The van der Waals surface area contributed by atoms with Crippen molar-refractivity contribution in [1.82, 2.24) is 20.5 Å². The first-order valence-electron chi connectivity index (χ1n) is 9.96. The van der Waals surface area contributed by atoms with Crippen molar-refractivity contribution in [1.29, 1.82) is 0 Å². The number of piperidine rings is 1. The summed E-state index contributed by atoms with van der Waals surface area (Å²) in [6, 6.07) is 5.54. The van der Waals surface area contributed by atoms with Crippen molar-refractivity contribution >= 4 is 29.4 Å². The number of pyridine rings is 1. The third-order valence-electron chi connectivity index (χ3n) is 5.36. The zero-order valence-corrected chi connectivity index (χ0v) is 17.0. The molecule has 0 radical (unpaired) electrons. The van der Waals surface area contributed by atoms with E-state index in [1.807, 2.05) is 0 Å². The van der Waals surface area contributed by atoms with Crippen LogP contribution in [0.25, 0.3) is 0 Å². The van der Waals surface area contributed by atoms with Crippen molar-refractivity contribution < 1.29 is 32.3 Å². The fraction of sp³-hybridized carbons (Fsp3) is 0.286. The SMILES string of the molecule is O=C1CCC(N2Cc3ccc(CNC(=O)Nc4ccc(C(F)(F)F)nc4)cc3C2=O)C(=O)N1. The number of hydrogen-bond acceptors (Lipinski definition) is 5. The number of rotatable bonds is 4. The highest BCUT2D eigenvalue weighted by Crippen LogP contribution is 2.29. The van der Waals surface area contributed by atoms with Crippen molar-refractivity contribution in [3.63, 3.8) is 0 Å². The third-order valence-corrected chi connectivity index (χ3v) is 5.36. The van der Waals surface area contributed by atoms with Crippen LogP contribution in [0.1, 0.15) is 40.0 Å². The van der Waals surface area contributed by atoms with Crippen molar-refractivity contribution in [3.05, 3.63) is 58.9 Å². The largest absolute Gasteiger partial charge is 0.433 e. The second-order valence-electron chi connectivity index (χ2n) is 7.63. The molecule has 1 aromatic carbocycles. The third kappa shape index (κ3) is 4.78. The standard InChI is InChI=1S/C21H18F3N5O4/c22-21(23,24)16-5-3-13(9-25-16)27-20(33)26-8-11-1-2-12-10-29(19(32)14(12)7-11)15-4-6-17(30)28-18(15)31/h1-3,5,7,9,15H,4,6,8,10H2,(H2,26,27,33)(H,28,30,31). The molecule has 0 saturated carbocycles.